The highest BCUT2D eigenvalue weighted by Gasteiger charge is 2.36. The number of rotatable bonds is 8. The number of fused-ring (bicyclic) bond motifs is 6. The summed E-state index contributed by atoms with van der Waals surface area (Å²) >= 11 is 0. The molecule has 0 N–H and O–H groups in total. The van der Waals surface area contributed by atoms with E-state index in [1.165, 1.54) is 120 Å². The minimum atomic E-state index is -2.35. The Morgan fingerprint density at radius 1 is 0.239 bits per heavy atom. The lowest BCUT2D eigenvalue weighted by Gasteiger charge is -2.35. The SMILES string of the molecule is C[Si](C)(O[Si](C)(C)c1ccc(-c2c3ccccc3c(-c3ccc4ccccc4c3)c3ccccc23)cc1)c1ccc(-c2c3ccccc3c(-c3ccc4ccccc4c3)c3ccccc23)cc1. The molecule has 0 aliphatic rings. The molecule has 0 aliphatic carbocycles. The summed E-state index contributed by atoms with van der Waals surface area (Å²) in [6, 6.07) is 85.5. The van der Waals surface area contributed by atoms with Crippen molar-refractivity contribution in [3.63, 3.8) is 0 Å². The topological polar surface area (TPSA) is 9.23 Å². The number of benzene rings is 12. The fourth-order valence-electron chi connectivity index (χ4n) is 11.0. The second kappa shape index (κ2) is 16.2. The molecule has 0 unspecified atom stereocenters. The van der Waals surface area contributed by atoms with Crippen LogP contribution in [0.3, 0.4) is 0 Å². The molecule has 0 atom stereocenters. The van der Waals surface area contributed by atoms with Gasteiger partial charge in [0.15, 0.2) is 0 Å². The average Bonchev–Trinajstić information content (AvgIpc) is 3.36. The zero-order chi connectivity index (χ0) is 45.3. The summed E-state index contributed by atoms with van der Waals surface area (Å²) in [5.74, 6) is 0. The highest BCUT2D eigenvalue weighted by Crippen LogP contribution is 2.46. The molecular formula is C64H50OSi2. The van der Waals surface area contributed by atoms with E-state index in [0.717, 1.165) is 0 Å². The van der Waals surface area contributed by atoms with Crippen molar-refractivity contribution in [3.05, 3.63) is 231 Å². The lowest BCUT2D eigenvalue weighted by molar-refractivity contribution is 0.573. The Kier molecular flexibility index (Phi) is 9.92. The molecule has 0 aliphatic heterocycles. The van der Waals surface area contributed by atoms with Gasteiger partial charge in [0.2, 0.25) is 16.6 Å². The van der Waals surface area contributed by atoms with Gasteiger partial charge < -0.3 is 4.12 Å². The lowest BCUT2D eigenvalue weighted by Crippen LogP contribution is -2.57. The molecule has 0 spiro atoms. The molecule has 0 saturated heterocycles. The van der Waals surface area contributed by atoms with Crippen LogP contribution in [0.4, 0.5) is 0 Å². The first kappa shape index (κ1) is 41.1. The first-order valence-electron chi connectivity index (χ1n) is 23.5. The predicted octanol–water partition coefficient (Wildman–Crippen LogP) is 16.8. The fraction of sp³-hybridized carbons (Fsp3) is 0.0625. The van der Waals surface area contributed by atoms with E-state index in [0.29, 0.717) is 0 Å². The quantitative estimate of drug-likeness (QED) is 0.109. The third kappa shape index (κ3) is 7.10. The second-order valence-electron chi connectivity index (χ2n) is 19.1. The van der Waals surface area contributed by atoms with E-state index >= 15 is 0 Å². The van der Waals surface area contributed by atoms with Gasteiger partial charge in [0.1, 0.15) is 0 Å². The number of hydrogen-bond acceptors (Lipinski definition) is 1. The molecule has 12 aromatic rings. The molecule has 1 nitrogen and oxygen atoms in total. The molecular weight excluding hydrogens is 841 g/mol. The highest BCUT2D eigenvalue weighted by molar-refractivity contribution is 6.96. The van der Waals surface area contributed by atoms with Crippen molar-refractivity contribution in [2.75, 3.05) is 0 Å². The maximum absolute atomic E-state index is 7.44. The average molecular weight is 891 g/mol. The molecule has 0 aromatic heterocycles. The van der Waals surface area contributed by atoms with Gasteiger partial charge in [0.25, 0.3) is 0 Å². The smallest absolute Gasteiger partial charge is 0.206 e. The highest BCUT2D eigenvalue weighted by atomic mass is 28.4. The second-order valence-corrected chi connectivity index (χ2v) is 27.1. The van der Waals surface area contributed by atoms with E-state index in [9.17, 15) is 0 Å². The Balaban J connectivity index is 0.870. The Morgan fingerprint density at radius 3 is 0.776 bits per heavy atom. The van der Waals surface area contributed by atoms with E-state index in [1.807, 2.05) is 0 Å². The van der Waals surface area contributed by atoms with Crippen molar-refractivity contribution in [2.24, 2.45) is 0 Å². The Bertz CT molecular complexity index is 3510. The van der Waals surface area contributed by atoms with Crippen LogP contribution in [0.5, 0.6) is 0 Å². The summed E-state index contributed by atoms with van der Waals surface area (Å²) in [6.07, 6.45) is 0. The van der Waals surface area contributed by atoms with Gasteiger partial charge >= 0.3 is 0 Å². The minimum Gasteiger partial charge on any atom is -0.449 e. The Morgan fingerprint density at radius 2 is 0.478 bits per heavy atom. The van der Waals surface area contributed by atoms with Crippen LogP contribution in [-0.4, -0.2) is 16.6 Å². The monoisotopic (exact) mass is 890 g/mol. The Labute approximate surface area is 394 Å². The first-order chi connectivity index (χ1) is 32.7. The van der Waals surface area contributed by atoms with Crippen molar-refractivity contribution in [3.8, 4) is 44.5 Å². The van der Waals surface area contributed by atoms with Crippen LogP contribution in [0.1, 0.15) is 0 Å². The maximum Gasteiger partial charge on any atom is 0.206 e. The summed E-state index contributed by atoms with van der Waals surface area (Å²) in [5.41, 5.74) is 10.1. The summed E-state index contributed by atoms with van der Waals surface area (Å²) in [4.78, 5) is 0. The van der Waals surface area contributed by atoms with E-state index in [-0.39, 0.29) is 0 Å². The van der Waals surface area contributed by atoms with Gasteiger partial charge in [-0.1, -0.05) is 218 Å². The number of hydrogen-bond donors (Lipinski definition) is 0. The molecule has 320 valence electrons. The van der Waals surface area contributed by atoms with E-state index in [1.54, 1.807) is 0 Å². The molecule has 3 heteroatoms. The van der Waals surface area contributed by atoms with Gasteiger partial charge in [-0.3, -0.25) is 0 Å². The van der Waals surface area contributed by atoms with Crippen LogP contribution in [0.2, 0.25) is 26.2 Å². The van der Waals surface area contributed by atoms with Crippen LogP contribution in [-0.2, 0) is 4.12 Å². The van der Waals surface area contributed by atoms with Crippen molar-refractivity contribution >= 4 is 91.6 Å². The van der Waals surface area contributed by atoms with Gasteiger partial charge in [-0.15, -0.1) is 0 Å². The summed E-state index contributed by atoms with van der Waals surface area (Å²) in [5, 5.41) is 17.8. The van der Waals surface area contributed by atoms with Gasteiger partial charge in [0.05, 0.1) is 0 Å². The standard InChI is InChI=1S/C64H50OSi2/c1-66(2,51-37-33-45(34-38-51)61-53-21-9-13-25-57(53)63(58-26-14-10-22-54(58)61)49-31-29-43-17-5-7-19-47(43)41-49)65-67(3,4)52-39-35-46(36-40-52)62-55-23-11-15-27-59(55)64(60-28-16-12-24-56(60)62)50-32-30-44-18-6-8-20-48(44)42-50/h5-42H,1-4H3. The molecule has 0 saturated carbocycles. The third-order valence-electron chi connectivity index (χ3n) is 14.2. The van der Waals surface area contributed by atoms with Crippen LogP contribution >= 0.6 is 0 Å². The van der Waals surface area contributed by atoms with Crippen molar-refractivity contribution < 1.29 is 4.12 Å². The summed E-state index contributed by atoms with van der Waals surface area (Å²) < 4.78 is 7.44. The maximum atomic E-state index is 7.44. The summed E-state index contributed by atoms with van der Waals surface area (Å²) in [7, 11) is -4.70. The zero-order valence-electron chi connectivity index (χ0n) is 38.3. The van der Waals surface area contributed by atoms with E-state index < -0.39 is 16.6 Å². The van der Waals surface area contributed by atoms with Crippen molar-refractivity contribution in [1.29, 1.82) is 0 Å². The van der Waals surface area contributed by atoms with Gasteiger partial charge in [-0.25, -0.2) is 0 Å². The van der Waals surface area contributed by atoms with Gasteiger partial charge in [-0.05, 0) is 158 Å². The van der Waals surface area contributed by atoms with E-state index in [2.05, 4.69) is 257 Å². The molecule has 0 radical (unpaired) electrons. The Hall–Kier alpha value is -7.41. The molecule has 0 heterocycles. The third-order valence-corrected chi connectivity index (χ3v) is 21.7. The minimum absolute atomic E-state index is 1.23. The predicted molar refractivity (Wildman–Crippen MR) is 295 cm³/mol. The largest absolute Gasteiger partial charge is 0.449 e. The van der Waals surface area contributed by atoms with Crippen LogP contribution in [0.15, 0.2) is 231 Å². The van der Waals surface area contributed by atoms with Gasteiger partial charge in [-0.2, -0.15) is 0 Å². The molecule has 67 heavy (non-hydrogen) atoms. The zero-order valence-corrected chi connectivity index (χ0v) is 40.3. The lowest BCUT2D eigenvalue weighted by atomic mass is 9.85. The van der Waals surface area contributed by atoms with Crippen molar-refractivity contribution in [2.45, 2.75) is 26.2 Å². The molecule has 12 aromatic carbocycles. The van der Waals surface area contributed by atoms with Gasteiger partial charge in [0, 0.05) is 0 Å². The fourth-order valence-corrected chi connectivity index (χ4v) is 19.0. The van der Waals surface area contributed by atoms with Crippen LogP contribution < -0.4 is 10.4 Å². The van der Waals surface area contributed by atoms with Crippen molar-refractivity contribution in [1.82, 2.24) is 0 Å². The summed E-state index contributed by atoms with van der Waals surface area (Å²) in [6.45, 7) is 9.46. The van der Waals surface area contributed by atoms with E-state index in [4.69, 9.17) is 4.12 Å². The van der Waals surface area contributed by atoms with Crippen LogP contribution in [0, 0.1) is 0 Å². The molecule has 0 fully saturated rings. The van der Waals surface area contributed by atoms with Crippen LogP contribution in [0.25, 0.3) is 109 Å². The molecule has 0 bridgehead atoms. The molecule has 12 rings (SSSR count). The normalized spacial score (nSPS) is 12.2. The molecule has 0 amide bonds. The first-order valence-corrected chi connectivity index (χ1v) is 29.3.